The van der Waals surface area contributed by atoms with Gasteiger partial charge in [0.05, 0.1) is 11.3 Å². The molecule has 0 saturated carbocycles. The average Bonchev–Trinajstić information content (AvgIpc) is 2.52. The number of anilines is 1. The highest BCUT2D eigenvalue weighted by Crippen LogP contribution is 2.25. The van der Waals surface area contributed by atoms with Crippen molar-refractivity contribution in [2.75, 3.05) is 18.0 Å². The SMILES string of the molecule is C=C(C)/C(=C/C)NC1CCN(c2ccc(F)cc2C#N)CC1. The lowest BCUT2D eigenvalue weighted by molar-refractivity contribution is 0.446. The van der Waals surface area contributed by atoms with Crippen LogP contribution in [0.15, 0.2) is 42.1 Å². The minimum atomic E-state index is -0.365. The number of rotatable bonds is 4. The maximum absolute atomic E-state index is 13.2. The van der Waals surface area contributed by atoms with Gasteiger partial charge < -0.3 is 10.2 Å². The molecule has 1 N–H and O–H groups in total. The van der Waals surface area contributed by atoms with Crippen molar-refractivity contribution < 1.29 is 4.39 Å². The fourth-order valence-electron chi connectivity index (χ4n) is 2.81. The fourth-order valence-corrected chi connectivity index (χ4v) is 2.81. The van der Waals surface area contributed by atoms with Crippen molar-refractivity contribution in [3.8, 4) is 6.07 Å². The molecule has 116 valence electrons. The summed E-state index contributed by atoms with van der Waals surface area (Å²) in [5, 5.41) is 12.7. The van der Waals surface area contributed by atoms with Crippen LogP contribution in [0.4, 0.5) is 10.1 Å². The van der Waals surface area contributed by atoms with E-state index in [1.54, 1.807) is 6.07 Å². The van der Waals surface area contributed by atoms with Crippen molar-refractivity contribution in [1.29, 1.82) is 5.26 Å². The van der Waals surface area contributed by atoms with Crippen LogP contribution in [0.5, 0.6) is 0 Å². The Morgan fingerprint density at radius 1 is 1.45 bits per heavy atom. The molecule has 0 aliphatic carbocycles. The van der Waals surface area contributed by atoms with Gasteiger partial charge in [-0.1, -0.05) is 12.7 Å². The maximum Gasteiger partial charge on any atom is 0.124 e. The van der Waals surface area contributed by atoms with E-state index >= 15 is 0 Å². The smallest absolute Gasteiger partial charge is 0.124 e. The van der Waals surface area contributed by atoms with E-state index < -0.39 is 0 Å². The van der Waals surface area contributed by atoms with Crippen LogP contribution in [-0.2, 0) is 0 Å². The number of halogens is 1. The van der Waals surface area contributed by atoms with Crippen LogP contribution in [-0.4, -0.2) is 19.1 Å². The monoisotopic (exact) mass is 299 g/mol. The molecule has 0 amide bonds. The second-order valence-electron chi connectivity index (χ2n) is 5.66. The number of hydrogen-bond donors (Lipinski definition) is 1. The predicted molar refractivity (Wildman–Crippen MR) is 88.1 cm³/mol. The highest BCUT2D eigenvalue weighted by atomic mass is 19.1. The van der Waals surface area contributed by atoms with E-state index in [0.717, 1.165) is 42.9 Å². The number of nitrogens with zero attached hydrogens (tertiary/aromatic N) is 2. The van der Waals surface area contributed by atoms with E-state index in [2.05, 4.69) is 22.9 Å². The van der Waals surface area contributed by atoms with Crippen molar-refractivity contribution in [3.63, 3.8) is 0 Å². The fraction of sp³-hybridized carbons (Fsp3) is 0.389. The van der Waals surface area contributed by atoms with Crippen LogP contribution in [0, 0.1) is 17.1 Å². The summed E-state index contributed by atoms with van der Waals surface area (Å²) >= 11 is 0. The van der Waals surface area contributed by atoms with E-state index in [9.17, 15) is 4.39 Å². The van der Waals surface area contributed by atoms with Gasteiger partial charge in [0.1, 0.15) is 11.9 Å². The van der Waals surface area contributed by atoms with Gasteiger partial charge >= 0.3 is 0 Å². The average molecular weight is 299 g/mol. The predicted octanol–water partition coefficient (Wildman–Crippen LogP) is 3.74. The zero-order valence-corrected chi connectivity index (χ0v) is 13.2. The van der Waals surface area contributed by atoms with Crippen molar-refractivity contribution in [2.24, 2.45) is 0 Å². The summed E-state index contributed by atoms with van der Waals surface area (Å²) in [5.74, 6) is -0.365. The Hall–Kier alpha value is -2.28. The summed E-state index contributed by atoms with van der Waals surface area (Å²) in [6, 6.07) is 6.91. The van der Waals surface area contributed by atoms with E-state index in [1.807, 2.05) is 19.9 Å². The number of nitrogens with one attached hydrogen (secondary N) is 1. The zero-order valence-electron chi connectivity index (χ0n) is 13.2. The number of allylic oxidation sites excluding steroid dienone is 2. The molecule has 0 spiro atoms. The van der Waals surface area contributed by atoms with Gasteiger partial charge in [0, 0.05) is 24.8 Å². The first-order chi connectivity index (χ1) is 10.5. The highest BCUT2D eigenvalue weighted by molar-refractivity contribution is 5.59. The van der Waals surface area contributed by atoms with Crippen molar-refractivity contribution in [2.45, 2.75) is 32.7 Å². The van der Waals surface area contributed by atoms with Crippen molar-refractivity contribution >= 4 is 5.69 Å². The number of nitriles is 1. The maximum atomic E-state index is 13.2. The third-order valence-electron chi connectivity index (χ3n) is 4.02. The molecule has 4 heteroatoms. The molecule has 0 bridgehead atoms. The van der Waals surface area contributed by atoms with E-state index in [0.29, 0.717) is 11.6 Å². The van der Waals surface area contributed by atoms with Gasteiger partial charge in [-0.2, -0.15) is 5.26 Å². The van der Waals surface area contributed by atoms with Crippen LogP contribution in [0.1, 0.15) is 32.3 Å². The summed E-state index contributed by atoms with van der Waals surface area (Å²) < 4.78 is 13.2. The summed E-state index contributed by atoms with van der Waals surface area (Å²) in [6.45, 7) is 9.68. The lowest BCUT2D eigenvalue weighted by atomic mass is 10.0. The van der Waals surface area contributed by atoms with Gasteiger partial charge in [-0.15, -0.1) is 0 Å². The van der Waals surface area contributed by atoms with Gasteiger partial charge in [-0.3, -0.25) is 0 Å². The normalized spacial score (nSPS) is 16.3. The number of benzene rings is 1. The Balaban J connectivity index is 2.01. The largest absolute Gasteiger partial charge is 0.382 e. The minimum Gasteiger partial charge on any atom is -0.382 e. The number of piperidine rings is 1. The Labute approximate surface area is 131 Å². The summed E-state index contributed by atoms with van der Waals surface area (Å²) in [4.78, 5) is 2.16. The molecule has 1 fully saturated rings. The lowest BCUT2D eigenvalue weighted by Gasteiger charge is -2.35. The topological polar surface area (TPSA) is 39.1 Å². The van der Waals surface area contributed by atoms with Crippen LogP contribution in [0.2, 0.25) is 0 Å². The molecule has 2 rings (SSSR count). The van der Waals surface area contributed by atoms with Gasteiger partial charge in [-0.05, 0) is 50.5 Å². The third-order valence-corrected chi connectivity index (χ3v) is 4.02. The second kappa shape index (κ2) is 7.13. The molecule has 0 radical (unpaired) electrons. The molecule has 0 unspecified atom stereocenters. The second-order valence-corrected chi connectivity index (χ2v) is 5.66. The molecular formula is C18H22FN3. The van der Waals surface area contributed by atoms with E-state index in [4.69, 9.17) is 5.26 Å². The number of hydrogen-bond acceptors (Lipinski definition) is 3. The third kappa shape index (κ3) is 3.67. The van der Waals surface area contributed by atoms with E-state index in [-0.39, 0.29) is 5.82 Å². The Bertz CT molecular complexity index is 620. The lowest BCUT2D eigenvalue weighted by Crippen LogP contribution is -2.42. The van der Waals surface area contributed by atoms with E-state index in [1.165, 1.54) is 12.1 Å². The van der Waals surface area contributed by atoms with Gasteiger partial charge in [0.15, 0.2) is 0 Å². The van der Waals surface area contributed by atoms with Crippen molar-refractivity contribution in [1.82, 2.24) is 5.32 Å². The van der Waals surface area contributed by atoms with Crippen LogP contribution < -0.4 is 10.2 Å². The van der Waals surface area contributed by atoms with Crippen LogP contribution in [0.3, 0.4) is 0 Å². The Morgan fingerprint density at radius 3 is 2.68 bits per heavy atom. The summed E-state index contributed by atoms with van der Waals surface area (Å²) in [6.07, 6.45) is 4.00. The molecule has 1 aromatic carbocycles. The van der Waals surface area contributed by atoms with Crippen molar-refractivity contribution in [3.05, 3.63) is 53.5 Å². The molecule has 1 heterocycles. The molecule has 1 aliphatic rings. The molecule has 1 aliphatic heterocycles. The molecule has 22 heavy (non-hydrogen) atoms. The molecule has 3 nitrogen and oxygen atoms in total. The van der Waals surface area contributed by atoms with Crippen LogP contribution >= 0.6 is 0 Å². The molecular weight excluding hydrogens is 277 g/mol. The molecule has 1 aromatic rings. The zero-order chi connectivity index (χ0) is 16.1. The summed E-state index contributed by atoms with van der Waals surface area (Å²) in [7, 11) is 0. The standard InChI is InChI=1S/C18H22FN3/c1-4-17(13(2)3)21-16-7-9-22(10-8-16)18-6-5-15(19)11-14(18)12-20/h4-6,11,16,21H,2,7-10H2,1,3H3/b17-4-. The minimum absolute atomic E-state index is 0.365. The highest BCUT2D eigenvalue weighted by Gasteiger charge is 2.21. The Kier molecular flexibility index (Phi) is 5.21. The Morgan fingerprint density at radius 2 is 2.14 bits per heavy atom. The first-order valence-electron chi connectivity index (χ1n) is 7.58. The van der Waals surface area contributed by atoms with Gasteiger partial charge in [0.2, 0.25) is 0 Å². The molecule has 1 saturated heterocycles. The molecule has 0 atom stereocenters. The first kappa shape index (κ1) is 16.1. The first-order valence-corrected chi connectivity index (χ1v) is 7.58. The summed E-state index contributed by atoms with van der Waals surface area (Å²) in [5.41, 5.74) is 3.36. The van der Waals surface area contributed by atoms with Crippen LogP contribution in [0.25, 0.3) is 0 Å². The van der Waals surface area contributed by atoms with Gasteiger partial charge in [-0.25, -0.2) is 4.39 Å². The van der Waals surface area contributed by atoms with Gasteiger partial charge in [0.25, 0.3) is 0 Å². The molecule has 0 aromatic heterocycles. The quantitative estimate of drug-likeness (QED) is 0.861.